The summed E-state index contributed by atoms with van der Waals surface area (Å²) in [5.74, 6) is 0.549. The van der Waals surface area contributed by atoms with Crippen LogP contribution in [0.15, 0.2) is 24.4 Å². The summed E-state index contributed by atoms with van der Waals surface area (Å²) in [7, 11) is -2.88. The van der Waals surface area contributed by atoms with Crippen molar-refractivity contribution < 1.29 is 8.42 Å². The van der Waals surface area contributed by atoms with Crippen LogP contribution in [0.25, 0.3) is 0 Å². The lowest BCUT2D eigenvalue weighted by Crippen LogP contribution is -2.56. The van der Waals surface area contributed by atoms with E-state index >= 15 is 0 Å². The molecule has 0 saturated carbocycles. The summed E-state index contributed by atoms with van der Waals surface area (Å²) in [6.07, 6.45) is 1.78. The average Bonchev–Trinajstić information content (AvgIpc) is 2.66. The molecule has 0 aromatic carbocycles. The zero-order chi connectivity index (χ0) is 12.6. The van der Waals surface area contributed by atoms with Crippen LogP contribution in [0, 0.1) is 0 Å². The molecule has 18 heavy (non-hydrogen) atoms. The Hall–Kier alpha value is -0.980. The van der Waals surface area contributed by atoms with Gasteiger partial charge in [0.05, 0.1) is 17.2 Å². The normalized spacial score (nSPS) is 31.1. The molecule has 1 aromatic heterocycles. The quantitative estimate of drug-likeness (QED) is 0.794. The number of nitrogens with one attached hydrogen (secondary N) is 1. The van der Waals surface area contributed by atoms with E-state index in [2.05, 4.69) is 15.2 Å². The molecule has 1 N–H and O–H groups in total. The van der Waals surface area contributed by atoms with Crippen molar-refractivity contribution in [3.05, 3.63) is 30.1 Å². The molecule has 0 aliphatic carbocycles. The predicted molar refractivity (Wildman–Crippen MR) is 68.9 cm³/mol. The number of sulfone groups is 1. The largest absolute Gasteiger partial charge is 0.310 e. The van der Waals surface area contributed by atoms with Crippen molar-refractivity contribution in [1.82, 2.24) is 15.2 Å². The zero-order valence-electron chi connectivity index (χ0n) is 10.1. The topological polar surface area (TPSA) is 62.3 Å². The van der Waals surface area contributed by atoms with Crippen LogP contribution < -0.4 is 5.32 Å². The van der Waals surface area contributed by atoms with Crippen LogP contribution in [0.2, 0.25) is 0 Å². The molecule has 3 rings (SSSR count). The van der Waals surface area contributed by atoms with Gasteiger partial charge in [-0.05, 0) is 12.1 Å². The third-order valence-corrected chi connectivity index (χ3v) is 5.40. The highest BCUT2D eigenvalue weighted by Crippen LogP contribution is 2.22. The van der Waals surface area contributed by atoms with Crippen molar-refractivity contribution in [2.45, 2.75) is 18.6 Å². The second-order valence-corrected chi connectivity index (χ2v) is 7.15. The van der Waals surface area contributed by atoms with Gasteiger partial charge in [-0.1, -0.05) is 6.07 Å². The van der Waals surface area contributed by atoms with Crippen molar-refractivity contribution in [1.29, 1.82) is 0 Å². The van der Waals surface area contributed by atoms with Crippen molar-refractivity contribution in [2.75, 3.05) is 24.6 Å². The van der Waals surface area contributed by atoms with Gasteiger partial charge >= 0.3 is 0 Å². The zero-order valence-corrected chi connectivity index (χ0v) is 10.9. The summed E-state index contributed by atoms with van der Waals surface area (Å²) < 4.78 is 23.4. The fourth-order valence-corrected chi connectivity index (χ4v) is 4.83. The Morgan fingerprint density at radius 2 is 2.28 bits per heavy atom. The number of rotatable bonds is 2. The minimum Gasteiger partial charge on any atom is -0.310 e. The summed E-state index contributed by atoms with van der Waals surface area (Å²) in [5, 5.41) is 3.31. The summed E-state index contributed by atoms with van der Waals surface area (Å²) >= 11 is 0. The molecule has 2 saturated heterocycles. The fourth-order valence-electron chi connectivity index (χ4n) is 2.84. The molecule has 3 heterocycles. The summed E-state index contributed by atoms with van der Waals surface area (Å²) in [6.45, 7) is 2.47. The Balaban J connectivity index is 1.76. The molecule has 2 atom stereocenters. The number of hydrogen-bond donors (Lipinski definition) is 1. The minimum absolute atomic E-state index is 0.0902. The maximum absolute atomic E-state index is 11.7. The van der Waals surface area contributed by atoms with Crippen LogP contribution in [0.1, 0.15) is 5.69 Å². The molecule has 1 aromatic rings. The van der Waals surface area contributed by atoms with Gasteiger partial charge < -0.3 is 5.32 Å². The van der Waals surface area contributed by atoms with Crippen LogP contribution in [-0.2, 0) is 16.4 Å². The predicted octanol–water partition coefficient (Wildman–Crippen LogP) is -0.348. The molecule has 0 spiro atoms. The van der Waals surface area contributed by atoms with Gasteiger partial charge in [0, 0.05) is 37.9 Å². The van der Waals surface area contributed by atoms with E-state index < -0.39 is 9.84 Å². The highest BCUT2D eigenvalue weighted by atomic mass is 32.2. The maximum atomic E-state index is 11.7. The van der Waals surface area contributed by atoms with E-state index in [1.54, 1.807) is 6.20 Å². The van der Waals surface area contributed by atoms with E-state index in [1.807, 2.05) is 18.2 Å². The second-order valence-electron chi connectivity index (χ2n) is 5.00. The van der Waals surface area contributed by atoms with E-state index in [9.17, 15) is 8.42 Å². The molecule has 0 unspecified atom stereocenters. The Labute approximate surface area is 107 Å². The summed E-state index contributed by atoms with van der Waals surface area (Å²) in [4.78, 5) is 6.56. The molecule has 0 bridgehead atoms. The van der Waals surface area contributed by atoms with E-state index in [-0.39, 0.29) is 23.6 Å². The van der Waals surface area contributed by atoms with Crippen LogP contribution >= 0.6 is 0 Å². The molecule has 0 radical (unpaired) electrons. The van der Waals surface area contributed by atoms with Gasteiger partial charge in [0.2, 0.25) is 0 Å². The standard InChI is InChI=1S/C12H17N3O2S/c16-18(17)8-11-12(9-18)15(6-5-14-11)7-10-3-1-2-4-13-10/h1-4,11-12,14H,5-9H2/t11-,12-/m1/s1. The molecular weight excluding hydrogens is 250 g/mol. The number of hydrogen-bond acceptors (Lipinski definition) is 5. The van der Waals surface area contributed by atoms with Gasteiger partial charge in [-0.15, -0.1) is 0 Å². The Bertz CT molecular complexity index is 517. The van der Waals surface area contributed by atoms with E-state index in [4.69, 9.17) is 0 Å². The van der Waals surface area contributed by atoms with Gasteiger partial charge in [0.1, 0.15) is 0 Å². The van der Waals surface area contributed by atoms with Gasteiger partial charge in [-0.2, -0.15) is 0 Å². The smallest absolute Gasteiger partial charge is 0.153 e. The first-order valence-corrected chi connectivity index (χ1v) is 8.04. The summed E-state index contributed by atoms with van der Waals surface area (Å²) in [6, 6.07) is 6.04. The van der Waals surface area contributed by atoms with Crippen LogP contribution in [0.4, 0.5) is 0 Å². The van der Waals surface area contributed by atoms with Crippen molar-refractivity contribution in [2.24, 2.45) is 0 Å². The van der Waals surface area contributed by atoms with Gasteiger partial charge in [-0.3, -0.25) is 9.88 Å². The Kier molecular flexibility index (Phi) is 3.09. The first kappa shape index (κ1) is 12.1. The first-order valence-electron chi connectivity index (χ1n) is 6.22. The molecule has 0 amide bonds. The van der Waals surface area contributed by atoms with Crippen molar-refractivity contribution >= 4 is 9.84 Å². The highest BCUT2D eigenvalue weighted by Gasteiger charge is 2.42. The van der Waals surface area contributed by atoms with Gasteiger partial charge in [0.25, 0.3) is 0 Å². The van der Waals surface area contributed by atoms with Crippen LogP contribution in [0.3, 0.4) is 0 Å². The van der Waals surface area contributed by atoms with Crippen molar-refractivity contribution in [3.8, 4) is 0 Å². The molecule has 2 aliphatic rings. The molecule has 98 valence electrons. The minimum atomic E-state index is -2.88. The number of fused-ring (bicyclic) bond motifs is 1. The fraction of sp³-hybridized carbons (Fsp3) is 0.583. The Morgan fingerprint density at radius 1 is 1.39 bits per heavy atom. The maximum Gasteiger partial charge on any atom is 0.153 e. The molecule has 6 heteroatoms. The number of aromatic nitrogens is 1. The number of pyridine rings is 1. The molecule has 5 nitrogen and oxygen atoms in total. The van der Waals surface area contributed by atoms with Gasteiger partial charge in [0.15, 0.2) is 9.84 Å². The van der Waals surface area contributed by atoms with E-state index in [0.29, 0.717) is 0 Å². The summed E-state index contributed by atoms with van der Waals surface area (Å²) in [5.41, 5.74) is 1.00. The third-order valence-electron chi connectivity index (χ3n) is 3.69. The lowest BCUT2D eigenvalue weighted by Gasteiger charge is -2.37. The monoisotopic (exact) mass is 267 g/mol. The van der Waals surface area contributed by atoms with Crippen molar-refractivity contribution in [3.63, 3.8) is 0 Å². The average molecular weight is 267 g/mol. The lowest BCUT2D eigenvalue weighted by molar-refractivity contribution is 0.139. The van der Waals surface area contributed by atoms with E-state index in [0.717, 1.165) is 25.3 Å². The van der Waals surface area contributed by atoms with Crippen LogP contribution in [-0.4, -0.2) is 55.0 Å². The lowest BCUT2D eigenvalue weighted by atomic mass is 10.1. The Morgan fingerprint density at radius 3 is 3.06 bits per heavy atom. The van der Waals surface area contributed by atoms with Crippen LogP contribution in [0.5, 0.6) is 0 Å². The molecule has 2 aliphatic heterocycles. The molecule has 2 fully saturated rings. The van der Waals surface area contributed by atoms with E-state index in [1.165, 1.54) is 0 Å². The SMILES string of the molecule is O=S1(=O)C[C@@H]2[C@@H](C1)NCCN2Cc1ccccn1. The number of nitrogens with zero attached hydrogens (tertiary/aromatic N) is 2. The van der Waals surface area contributed by atoms with Gasteiger partial charge in [-0.25, -0.2) is 8.42 Å². The molecular formula is C12H17N3O2S. The first-order chi connectivity index (χ1) is 8.64. The highest BCUT2D eigenvalue weighted by molar-refractivity contribution is 7.91. The second kappa shape index (κ2) is 4.60. The third kappa shape index (κ3) is 2.41. The number of piperazine rings is 1.